The molecule has 1 N–H and O–H groups in total. The Hall–Kier alpha value is -3.58. The molecule has 4 rings (SSSR count). The van der Waals surface area contributed by atoms with Crippen LogP contribution >= 0.6 is 11.3 Å². The number of carbonyl (C=O) groups is 1. The number of benzene rings is 2. The monoisotopic (exact) mass is 419 g/mol. The van der Waals surface area contributed by atoms with Crippen LogP contribution in [0.25, 0.3) is 22.3 Å². The van der Waals surface area contributed by atoms with Crippen LogP contribution in [0.5, 0.6) is 11.5 Å². The molecule has 0 atom stereocenters. The average molecular weight is 420 g/mol. The van der Waals surface area contributed by atoms with Gasteiger partial charge in [-0.15, -0.1) is 11.3 Å². The molecule has 6 nitrogen and oxygen atoms in total. The van der Waals surface area contributed by atoms with Gasteiger partial charge in [-0.05, 0) is 42.8 Å². The predicted molar refractivity (Wildman–Crippen MR) is 120 cm³/mol. The van der Waals surface area contributed by atoms with Crippen LogP contribution in [0.1, 0.15) is 12.5 Å². The van der Waals surface area contributed by atoms with E-state index in [0.29, 0.717) is 18.1 Å². The first-order chi connectivity index (χ1) is 14.7. The van der Waals surface area contributed by atoms with Gasteiger partial charge in [-0.3, -0.25) is 9.20 Å². The van der Waals surface area contributed by atoms with Crippen molar-refractivity contribution >= 4 is 34.0 Å². The Morgan fingerprint density at radius 3 is 2.77 bits per heavy atom. The van der Waals surface area contributed by atoms with E-state index in [9.17, 15) is 4.79 Å². The molecule has 0 spiro atoms. The number of amides is 1. The van der Waals surface area contributed by atoms with Crippen molar-refractivity contribution in [2.75, 3.05) is 19.0 Å². The number of imidazole rings is 1. The van der Waals surface area contributed by atoms with Crippen molar-refractivity contribution in [2.24, 2.45) is 0 Å². The summed E-state index contributed by atoms with van der Waals surface area (Å²) in [6.07, 6.45) is 7.21. The van der Waals surface area contributed by atoms with E-state index in [1.807, 2.05) is 71.6 Å². The largest absolute Gasteiger partial charge is 0.493 e. The summed E-state index contributed by atoms with van der Waals surface area (Å²) >= 11 is 1.60. The lowest BCUT2D eigenvalue weighted by Gasteiger charge is -2.09. The maximum Gasteiger partial charge on any atom is 0.248 e. The first-order valence-electron chi connectivity index (χ1n) is 9.49. The number of rotatable bonds is 7. The second-order valence-corrected chi connectivity index (χ2v) is 7.34. The topological polar surface area (TPSA) is 64.9 Å². The molecule has 7 heteroatoms. The SMILES string of the molecule is CCOc1cc(/C=C/C(=O)Nc2ccc(-c3cn4ccsc4n3)cc2)ccc1OC. The molecular weight excluding hydrogens is 398 g/mol. The molecule has 0 aliphatic rings. The number of thiazole rings is 1. The van der Waals surface area contributed by atoms with Gasteiger partial charge in [0.1, 0.15) is 0 Å². The Kier molecular flexibility index (Phi) is 5.81. The van der Waals surface area contributed by atoms with Gasteiger partial charge in [0, 0.05) is 35.1 Å². The van der Waals surface area contributed by atoms with Gasteiger partial charge in [0.15, 0.2) is 16.5 Å². The fraction of sp³-hybridized carbons (Fsp3) is 0.130. The minimum atomic E-state index is -0.209. The standard InChI is InChI=1S/C23H21N3O3S/c1-3-29-21-14-16(4-10-20(21)28-2)5-11-22(27)24-18-8-6-17(7-9-18)19-15-26-12-13-30-23(26)25-19/h4-15H,3H2,1-2H3,(H,24,27)/b11-5+. The second kappa shape index (κ2) is 8.84. The fourth-order valence-corrected chi connectivity index (χ4v) is 3.71. The average Bonchev–Trinajstić information content (AvgIpc) is 3.36. The van der Waals surface area contributed by atoms with E-state index in [4.69, 9.17) is 9.47 Å². The first kappa shape index (κ1) is 19.7. The van der Waals surface area contributed by atoms with Crippen LogP contribution in [0, 0.1) is 0 Å². The molecule has 0 saturated carbocycles. The lowest BCUT2D eigenvalue weighted by atomic mass is 10.1. The molecule has 0 radical (unpaired) electrons. The Bertz CT molecular complexity index is 1160. The minimum absolute atomic E-state index is 0.209. The van der Waals surface area contributed by atoms with Gasteiger partial charge in [0.05, 0.1) is 19.4 Å². The molecule has 0 aliphatic heterocycles. The van der Waals surface area contributed by atoms with E-state index in [1.165, 1.54) is 6.08 Å². The highest BCUT2D eigenvalue weighted by Crippen LogP contribution is 2.28. The third kappa shape index (κ3) is 4.36. The smallest absolute Gasteiger partial charge is 0.248 e. The third-order valence-corrected chi connectivity index (χ3v) is 5.23. The maximum absolute atomic E-state index is 12.3. The Balaban J connectivity index is 1.41. The highest BCUT2D eigenvalue weighted by Gasteiger charge is 2.07. The van der Waals surface area contributed by atoms with Crippen molar-refractivity contribution in [2.45, 2.75) is 6.92 Å². The molecule has 0 aliphatic carbocycles. The number of carbonyl (C=O) groups excluding carboxylic acids is 1. The number of fused-ring (bicyclic) bond motifs is 1. The third-order valence-electron chi connectivity index (χ3n) is 4.46. The molecule has 2 aromatic heterocycles. The number of ether oxygens (including phenoxy) is 2. The van der Waals surface area contributed by atoms with Crippen LogP contribution in [0.4, 0.5) is 5.69 Å². The summed E-state index contributed by atoms with van der Waals surface area (Å²) in [5.74, 6) is 1.10. The van der Waals surface area contributed by atoms with Gasteiger partial charge in [-0.1, -0.05) is 18.2 Å². The van der Waals surface area contributed by atoms with E-state index < -0.39 is 0 Å². The van der Waals surface area contributed by atoms with Gasteiger partial charge in [0.2, 0.25) is 5.91 Å². The number of anilines is 1. The maximum atomic E-state index is 12.3. The summed E-state index contributed by atoms with van der Waals surface area (Å²) in [4.78, 5) is 17.8. The van der Waals surface area contributed by atoms with Gasteiger partial charge in [-0.2, -0.15) is 0 Å². The summed E-state index contributed by atoms with van der Waals surface area (Å²) in [5.41, 5.74) is 3.48. The summed E-state index contributed by atoms with van der Waals surface area (Å²) in [6, 6.07) is 13.2. The van der Waals surface area contributed by atoms with E-state index in [2.05, 4.69) is 10.3 Å². The van der Waals surface area contributed by atoms with Gasteiger partial charge in [0.25, 0.3) is 0 Å². The van der Waals surface area contributed by atoms with Crippen molar-refractivity contribution in [1.29, 1.82) is 0 Å². The quantitative estimate of drug-likeness (QED) is 0.422. The number of nitrogens with one attached hydrogen (secondary N) is 1. The molecule has 4 aromatic rings. The number of hydrogen-bond acceptors (Lipinski definition) is 5. The number of nitrogens with zero attached hydrogens (tertiary/aromatic N) is 2. The molecule has 30 heavy (non-hydrogen) atoms. The number of hydrogen-bond donors (Lipinski definition) is 1. The van der Waals surface area contributed by atoms with Crippen LogP contribution < -0.4 is 14.8 Å². The molecular formula is C23H21N3O3S. The van der Waals surface area contributed by atoms with Crippen LogP contribution in [0.15, 0.2) is 66.3 Å². The van der Waals surface area contributed by atoms with Crippen LogP contribution in [-0.4, -0.2) is 29.0 Å². The van der Waals surface area contributed by atoms with Gasteiger partial charge >= 0.3 is 0 Å². The van der Waals surface area contributed by atoms with Crippen molar-refractivity contribution in [3.63, 3.8) is 0 Å². The second-order valence-electron chi connectivity index (χ2n) is 6.46. The molecule has 0 bridgehead atoms. The molecule has 0 saturated heterocycles. The molecule has 0 unspecified atom stereocenters. The normalized spacial score (nSPS) is 11.1. The molecule has 2 heterocycles. The minimum Gasteiger partial charge on any atom is -0.493 e. The number of methoxy groups -OCH3 is 1. The zero-order valence-electron chi connectivity index (χ0n) is 16.7. The molecule has 2 aromatic carbocycles. The lowest BCUT2D eigenvalue weighted by molar-refractivity contribution is -0.111. The fourth-order valence-electron chi connectivity index (χ4n) is 3.01. The van der Waals surface area contributed by atoms with E-state index in [1.54, 1.807) is 24.5 Å². The lowest BCUT2D eigenvalue weighted by Crippen LogP contribution is -2.07. The van der Waals surface area contributed by atoms with Crippen molar-refractivity contribution in [3.05, 3.63) is 71.9 Å². The van der Waals surface area contributed by atoms with Crippen molar-refractivity contribution < 1.29 is 14.3 Å². The molecule has 152 valence electrons. The molecule has 0 fully saturated rings. The van der Waals surface area contributed by atoms with Crippen molar-refractivity contribution in [3.8, 4) is 22.8 Å². The first-order valence-corrected chi connectivity index (χ1v) is 10.4. The van der Waals surface area contributed by atoms with Crippen LogP contribution in [-0.2, 0) is 4.79 Å². The van der Waals surface area contributed by atoms with E-state index in [0.717, 1.165) is 27.5 Å². The van der Waals surface area contributed by atoms with Crippen LogP contribution in [0.3, 0.4) is 0 Å². The Labute approximate surface area is 178 Å². The zero-order valence-corrected chi connectivity index (χ0v) is 17.5. The summed E-state index contributed by atoms with van der Waals surface area (Å²) < 4.78 is 12.8. The zero-order chi connectivity index (χ0) is 20.9. The van der Waals surface area contributed by atoms with Crippen molar-refractivity contribution in [1.82, 2.24) is 9.38 Å². The van der Waals surface area contributed by atoms with E-state index in [-0.39, 0.29) is 5.91 Å². The summed E-state index contributed by atoms with van der Waals surface area (Å²) in [5, 5.41) is 4.87. The summed E-state index contributed by atoms with van der Waals surface area (Å²) in [7, 11) is 1.60. The van der Waals surface area contributed by atoms with Gasteiger partial charge < -0.3 is 14.8 Å². The Morgan fingerprint density at radius 1 is 1.20 bits per heavy atom. The highest BCUT2D eigenvalue weighted by atomic mass is 32.1. The Morgan fingerprint density at radius 2 is 2.03 bits per heavy atom. The predicted octanol–water partition coefficient (Wildman–Crippen LogP) is 5.12. The molecule has 1 amide bonds. The van der Waals surface area contributed by atoms with Crippen LogP contribution in [0.2, 0.25) is 0 Å². The highest BCUT2D eigenvalue weighted by molar-refractivity contribution is 7.15. The summed E-state index contributed by atoms with van der Waals surface area (Å²) in [6.45, 7) is 2.45. The van der Waals surface area contributed by atoms with Gasteiger partial charge in [-0.25, -0.2) is 4.98 Å². The number of aromatic nitrogens is 2. The van der Waals surface area contributed by atoms with E-state index >= 15 is 0 Å².